The van der Waals surface area contributed by atoms with Crippen LogP contribution >= 0.6 is 34.5 Å². The van der Waals surface area contributed by atoms with Gasteiger partial charge in [-0.15, -0.1) is 11.3 Å². The maximum Gasteiger partial charge on any atom is 0.177 e. The minimum Gasteiger partial charge on any atom is -0.293 e. The predicted octanol–water partition coefficient (Wildman–Crippen LogP) is 5.77. The van der Waals surface area contributed by atoms with Gasteiger partial charge in [0.05, 0.1) is 4.88 Å². The number of fused-ring (bicyclic) bond motifs is 1. The van der Waals surface area contributed by atoms with E-state index >= 15 is 0 Å². The maximum atomic E-state index is 13.2. The van der Waals surface area contributed by atoms with Crippen LogP contribution in [-0.4, -0.2) is 5.78 Å². The van der Waals surface area contributed by atoms with E-state index in [0.29, 0.717) is 20.5 Å². The van der Waals surface area contributed by atoms with Crippen LogP contribution in [-0.2, 0) is 6.42 Å². The van der Waals surface area contributed by atoms with Crippen LogP contribution < -0.4 is 0 Å². The van der Waals surface area contributed by atoms with Gasteiger partial charge >= 0.3 is 0 Å². The molecule has 5 heteroatoms. The molecule has 0 saturated heterocycles. The number of carbonyl (C=O) groups excluding carboxylic acids is 1. The first-order chi connectivity index (χ1) is 10.0. The average Bonchev–Trinajstić information content (AvgIpc) is 2.86. The molecule has 0 radical (unpaired) electrons. The van der Waals surface area contributed by atoms with Gasteiger partial charge < -0.3 is 0 Å². The molecule has 1 heterocycles. The van der Waals surface area contributed by atoms with Crippen LogP contribution in [0.2, 0.25) is 10.0 Å². The van der Waals surface area contributed by atoms with Crippen molar-refractivity contribution < 1.29 is 9.18 Å². The van der Waals surface area contributed by atoms with Crippen LogP contribution in [0, 0.1) is 5.82 Å². The predicted molar refractivity (Wildman–Crippen MR) is 86.3 cm³/mol. The van der Waals surface area contributed by atoms with Crippen molar-refractivity contribution in [3.63, 3.8) is 0 Å². The SMILES string of the molecule is O=C(Cc1cc(Cl)ccc1Cl)c1cc2cc(F)ccc2s1. The van der Waals surface area contributed by atoms with E-state index in [-0.39, 0.29) is 18.0 Å². The van der Waals surface area contributed by atoms with E-state index in [1.54, 1.807) is 30.3 Å². The third-order valence-electron chi connectivity index (χ3n) is 3.11. The summed E-state index contributed by atoms with van der Waals surface area (Å²) in [6.07, 6.45) is 0.175. The third-order valence-corrected chi connectivity index (χ3v) is 4.87. The summed E-state index contributed by atoms with van der Waals surface area (Å²) in [7, 11) is 0. The molecule has 0 amide bonds. The van der Waals surface area contributed by atoms with Crippen LogP contribution in [0.3, 0.4) is 0 Å². The minimum absolute atomic E-state index is 0.0548. The second-order valence-corrected chi connectivity index (χ2v) is 6.56. The molecule has 0 N–H and O–H groups in total. The summed E-state index contributed by atoms with van der Waals surface area (Å²) in [5.74, 6) is -0.363. The van der Waals surface area contributed by atoms with E-state index in [1.807, 2.05) is 0 Å². The fraction of sp³-hybridized carbons (Fsp3) is 0.0625. The Bertz CT molecular complexity index is 841. The van der Waals surface area contributed by atoms with E-state index in [0.717, 1.165) is 10.1 Å². The zero-order chi connectivity index (χ0) is 15.0. The Labute approximate surface area is 134 Å². The van der Waals surface area contributed by atoms with E-state index in [1.165, 1.54) is 23.5 Å². The highest BCUT2D eigenvalue weighted by Gasteiger charge is 2.13. The van der Waals surface area contributed by atoms with Gasteiger partial charge in [0, 0.05) is 21.2 Å². The van der Waals surface area contributed by atoms with E-state index in [9.17, 15) is 9.18 Å². The Hall–Kier alpha value is -1.42. The Morgan fingerprint density at radius 1 is 1.10 bits per heavy atom. The zero-order valence-electron chi connectivity index (χ0n) is 10.7. The highest BCUT2D eigenvalue weighted by atomic mass is 35.5. The monoisotopic (exact) mass is 338 g/mol. The van der Waals surface area contributed by atoms with E-state index < -0.39 is 0 Å². The van der Waals surface area contributed by atoms with Crippen molar-refractivity contribution in [2.24, 2.45) is 0 Å². The fourth-order valence-corrected chi connectivity index (χ4v) is 3.45. The zero-order valence-corrected chi connectivity index (χ0v) is 13.0. The van der Waals surface area contributed by atoms with E-state index in [4.69, 9.17) is 23.2 Å². The lowest BCUT2D eigenvalue weighted by molar-refractivity contribution is 0.0997. The lowest BCUT2D eigenvalue weighted by Gasteiger charge is -2.03. The molecule has 106 valence electrons. The van der Waals surface area contributed by atoms with Crippen molar-refractivity contribution in [3.05, 3.63) is 68.8 Å². The number of benzene rings is 2. The second kappa shape index (κ2) is 5.76. The molecule has 0 spiro atoms. The summed E-state index contributed by atoms with van der Waals surface area (Å²) >= 11 is 13.3. The number of hydrogen-bond acceptors (Lipinski definition) is 2. The lowest BCUT2D eigenvalue weighted by Crippen LogP contribution is -2.01. The van der Waals surface area contributed by atoms with Crippen molar-refractivity contribution in [2.75, 3.05) is 0 Å². The Balaban J connectivity index is 1.91. The summed E-state index contributed by atoms with van der Waals surface area (Å²) in [6.45, 7) is 0. The highest BCUT2D eigenvalue weighted by Crippen LogP contribution is 2.28. The summed E-state index contributed by atoms with van der Waals surface area (Å²) in [5.41, 5.74) is 0.692. The van der Waals surface area contributed by atoms with Gasteiger partial charge in [-0.3, -0.25) is 4.79 Å². The fourth-order valence-electron chi connectivity index (χ4n) is 2.09. The molecule has 0 aliphatic carbocycles. The number of thiophene rings is 1. The van der Waals surface area contributed by atoms with Crippen molar-refractivity contribution in [1.29, 1.82) is 0 Å². The molecule has 0 fully saturated rings. The summed E-state index contributed by atoms with van der Waals surface area (Å²) in [6, 6.07) is 11.2. The lowest BCUT2D eigenvalue weighted by atomic mass is 10.1. The molecule has 1 aromatic heterocycles. The van der Waals surface area contributed by atoms with Gasteiger partial charge in [0.25, 0.3) is 0 Å². The molecule has 0 bridgehead atoms. The third kappa shape index (κ3) is 3.10. The molecular weight excluding hydrogens is 330 g/mol. The van der Waals surface area contributed by atoms with Gasteiger partial charge in [0.2, 0.25) is 0 Å². The molecular formula is C16H9Cl2FOS. The molecule has 21 heavy (non-hydrogen) atoms. The van der Waals surface area contributed by atoms with Crippen LogP contribution in [0.15, 0.2) is 42.5 Å². The maximum absolute atomic E-state index is 13.2. The van der Waals surface area contributed by atoms with Gasteiger partial charge in [-0.2, -0.15) is 0 Å². The molecule has 2 aromatic carbocycles. The molecule has 0 unspecified atom stereocenters. The molecule has 0 saturated carbocycles. The summed E-state index contributed by atoms with van der Waals surface area (Å²) in [5, 5.41) is 1.79. The largest absolute Gasteiger partial charge is 0.293 e. The normalized spacial score (nSPS) is 11.0. The van der Waals surface area contributed by atoms with E-state index in [2.05, 4.69) is 0 Å². The Morgan fingerprint density at radius 3 is 2.71 bits per heavy atom. The van der Waals surface area contributed by atoms with Crippen LogP contribution in [0.4, 0.5) is 4.39 Å². The smallest absolute Gasteiger partial charge is 0.177 e. The van der Waals surface area contributed by atoms with Crippen LogP contribution in [0.1, 0.15) is 15.2 Å². The molecule has 3 aromatic rings. The quantitative estimate of drug-likeness (QED) is 0.554. The Kier molecular flexibility index (Phi) is 3.98. The first-order valence-electron chi connectivity index (χ1n) is 6.19. The van der Waals surface area contributed by atoms with Gasteiger partial charge in [0.15, 0.2) is 5.78 Å². The van der Waals surface area contributed by atoms with Gasteiger partial charge in [-0.25, -0.2) is 4.39 Å². The Morgan fingerprint density at radius 2 is 1.90 bits per heavy atom. The number of hydrogen-bond donors (Lipinski definition) is 0. The van der Waals surface area contributed by atoms with Crippen molar-refractivity contribution in [2.45, 2.75) is 6.42 Å². The van der Waals surface area contributed by atoms with Gasteiger partial charge in [-0.05, 0) is 53.4 Å². The van der Waals surface area contributed by atoms with Crippen molar-refractivity contribution in [3.8, 4) is 0 Å². The average molecular weight is 339 g/mol. The first-order valence-corrected chi connectivity index (χ1v) is 7.76. The van der Waals surface area contributed by atoms with Crippen molar-refractivity contribution in [1.82, 2.24) is 0 Å². The number of rotatable bonds is 3. The highest BCUT2D eigenvalue weighted by molar-refractivity contribution is 7.20. The number of carbonyl (C=O) groups is 1. The molecule has 1 nitrogen and oxygen atoms in total. The number of ketones is 1. The van der Waals surface area contributed by atoms with Crippen molar-refractivity contribution >= 4 is 50.4 Å². The van der Waals surface area contributed by atoms with Gasteiger partial charge in [-0.1, -0.05) is 23.2 Å². The van der Waals surface area contributed by atoms with Gasteiger partial charge in [0.1, 0.15) is 5.82 Å². The number of halogens is 3. The molecule has 0 aliphatic heterocycles. The minimum atomic E-state index is -0.308. The molecule has 0 atom stereocenters. The topological polar surface area (TPSA) is 17.1 Å². The summed E-state index contributed by atoms with van der Waals surface area (Å²) in [4.78, 5) is 12.9. The van der Waals surface area contributed by atoms with Crippen LogP contribution in [0.25, 0.3) is 10.1 Å². The standard InChI is InChI=1S/C16H9Cl2FOS/c17-11-1-3-13(18)9(5-11)7-14(20)16-8-10-6-12(19)2-4-15(10)21-16/h1-6,8H,7H2. The summed E-state index contributed by atoms with van der Waals surface area (Å²) < 4.78 is 14.1. The molecule has 0 aliphatic rings. The second-order valence-electron chi connectivity index (χ2n) is 4.63. The van der Waals surface area contributed by atoms with Crippen LogP contribution in [0.5, 0.6) is 0 Å². The first kappa shape index (κ1) is 14.5. The number of Topliss-reactive ketones (excluding diaryl/α,β-unsaturated/α-hetero) is 1. The molecule has 3 rings (SSSR count).